The van der Waals surface area contributed by atoms with Crippen LogP contribution in [-0.2, 0) is 4.74 Å². The van der Waals surface area contributed by atoms with Crippen LogP contribution in [0, 0.1) is 5.82 Å². The summed E-state index contributed by atoms with van der Waals surface area (Å²) in [6, 6.07) is 5.41. The zero-order valence-electron chi connectivity index (χ0n) is 10.2. The molecule has 0 amide bonds. The average molecular weight is 238 g/mol. The van der Waals surface area contributed by atoms with Crippen LogP contribution >= 0.6 is 0 Å². The van der Waals surface area contributed by atoms with Gasteiger partial charge in [-0.2, -0.15) is 0 Å². The summed E-state index contributed by atoms with van der Waals surface area (Å²) in [6.07, 6.45) is 0. The summed E-state index contributed by atoms with van der Waals surface area (Å²) in [5, 5.41) is 0. The number of benzene rings is 1. The van der Waals surface area contributed by atoms with Crippen LogP contribution in [0.1, 0.15) is 18.4 Å². The molecule has 17 heavy (non-hydrogen) atoms. The Morgan fingerprint density at radius 2 is 2.12 bits per heavy atom. The first-order valence-corrected chi connectivity index (χ1v) is 6.04. The average Bonchev–Trinajstić information content (AvgIpc) is 2.38. The first-order valence-electron chi connectivity index (χ1n) is 6.04. The van der Waals surface area contributed by atoms with Crippen LogP contribution < -0.4 is 10.6 Å². The van der Waals surface area contributed by atoms with Crippen LogP contribution in [-0.4, -0.2) is 32.8 Å². The fraction of sp³-hybridized carbons (Fsp3) is 0.538. The van der Waals surface area contributed by atoms with Crippen molar-refractivity contribution in [3.63, 3.8) is 0 Å². The third-order valence-corrected chi connectivity index (χ3v) is 3.25. The number of morpholine rings is 1. The Morgan fingerprint density at radius 3 is 2.71 bits per heavy atom. The lowest BCUT2D eigenvalue weighted by Gasteiger charge is -2.29. The van der Waals surface area contributed by atoms with Crippen molar-refractivity contribution in [2.75, 3.05) is 37.7 Å². The number of hydrogen-bond acceptors (Lipinski definition) is 3. The van der Waals surface area contributed by atoms with Crippen LogP contribution in [0.15, 0.2) is 18.2 Å². The van der Waals surface area contributed by atoms with E-state index in [9.17, 15) is 4.39 Å². The second-order valence-electron chi connectivity index (χ2n) is 4.45. The topological polar surface area (TPSA) is 38.5 Å². The van der Waals surface area contributed by atoms with Crippen LogP contribution in [0.2, 0.25) is 0 Å². The fourth-order valence-electron chi connectivity index (χ4n) is 2.03. The van der Waals surface area contributed by atoms with E-state index >= 15 is 0 Å². The highest BCUT2D eigenvalue weighted by Crippen LogP contribution is 2.24. The predicted octanol–water partition coefficient (Wildman–Crippen LogP) is 1.72. The summed E-state index contributed by atoms with van der Waals surface area (Å²) in [6.45, 7) is 5.38. The number of hydrogen-bond donors (Lipinski definition) is 1. The van der Waals surface area contributed by atoms with Gasteiger partial charge in [0.25, 0.3) is 0 Å². The van der Waals surface area contributed by atoms with Gasteiger partial charge in [-0.3, -0.25) is 0 Å². The summed E-state index contributed by atoms with van der Waals surface area (Å²) in [5.74, 6) is 0.0351. The molecule has 1 heterocycles. The van der Waals surface area contributed by atoms with E-state index in [4.69, 9.17) is 10.5 Å². The van der Waals surface area contributed by atoms with Crippen LogP contribution in [0.4, 0.5) is 10.1 Å². The Kier molecular flexibility index (Phi) is 3.97. The van der Waals surface area contributed by atoms with Gasteiger partial charge in [0.05, 0.1) is 18.9 Å². The fourth-order valence-corrected chi connectivity index (χ4v) is 2.03. The second kappa shape index (κ2) is 5.47. The minimum atomic E-state index is -0.162. The molecule has 0 saturated carbocycles. The summed E-state index contributed by atoms with van der Waals surface area (Å²) in [4.78, 5) is 2.02. The molecule has 1 saturated heterocycles. The molecule has 0 aliphatic carbocycles. The molecule has 0 bridgehead atoms. The molecule has 1 unspecified atom stereocenters. The van der Waals surface area contributed by atoms with Gasteiger partial charge in [-0.1, -0.05) is 13.0 Å². The van der Waals surface area contributed by atoms with E-state index in [1.54, 1.807) is 6.07 Å². The Hall–Kier alpha value is -1.13. The zero-order valence-corrected chi connectivity index (χ0v) is 10.2. The minimum absolute atomic E-state index is 0.162. The molecule has 3 nitrogen and oxygen atoms in total. The number of halogens is 1. The monoisotopic (exact) mass is 238 g/mol. The van der Waals surface area contributed by atoms with Gasteiger partial charge in [0, 0.05) is 13.1 Å². The van der Waals surface area contributed by atoms with Gasteiger partial charge in [-0.05, 0) is 30.2 Å². The molecule has 2 N–H and O–H groups in total. The molecule has 0 radical (unpaired) electrons. The Morgan fingerprint density at radius 1 is 1.41 bits per heavy atom. The van der Waals surface area contributed by atoms with Crippen molar-refractivity contribution in [1.29, 1.82) is 0 Å². The van der Waals surface area contributed by atoms with Crippen LogP contribution in [0.5, 0.6) is 0 Å². The van der Waals surface area contributed by atoms with Crippen LogP contribution in [0.25, 0.3) is 0 Å². The maximum Gasteiger partial charge on any atom is 0.146 e. The van der Waals surface area contributed by atoms with Crippen molar-refractivity contribution in [1.82, 2.24) is 0 Å². The molecule has 1 aliphatic heterocycles. The third kappa shape index (κ3) is 2.76. The maximum atomic E-state index is 14.0. The molecule has 1 aromatic carbocycles. The lowest BCUT2D eigenvalue weighted by atomic mass is 10.0. The van der Waals surface area contributed by atoms with Gasteiger partial charge in [0.15, 0.2) is 0 Å². The largest absolute Gasteiger partial charge is 0.378 e. The van der Waals surface area contributed by atoms with Crippen molar-refractivity contribution in [2.45, 2.75) is 12.8 Å². The molecule has 1 fully saturated rings. The normalized spacial score (nSPS) is 18.2. The van der Waals surface area contributed by atoms with Crippen molar-refractivity contribution >= 4 is 5.69 Å². The molecule has 1 aromatic rings. The number of anilines is 1. The van der Waals surface area contributed by atoms with Crippen molar-refractivity contribution in [3.8, 4) is 0 Å². The van der Waals surface area contributed by atoms with Crippen molar-refractivity contribution < 1.29 is 9.13 Å². The zero-order chi connectivity index (χ0) is 12.3. The Labute approximate surface area is 101 Å². The molecule has 1 atom stereocenters. The highest BCUT2D eigenvalue weighted by atomic mass is 19.1. The Balaban J connectivity index is 2.18. The summed E-state index contributed by atoms with van der Waals surface area (Å²) in [7, 11) is 0. The number of rotatable bonds is 3. The molecule has 0 spiro atoms. The number of ether oxygens (including phenoxy) is 1. The highest BCUT2D eigenvalue weighted by Gasteiger charge is 2.16. The van der Waals surface area contributed by atoms with Gasteiger partial charge < -0.3 is 15.4 Å². The molecule has 2 rings (SSSR count). The standard InChI is InChI=1S/C13H19FN2O/c1-10(9-15)11-2-3-13(12(14)8-11)16-4-6-17-7-5-16/h2-3,8,10H,4-7,9,15H2,1H3. The first-order chi connectivity index (χ1) is 8.22. The van der Waals surface area contributed by atoms with E-state index in [2.05, 4.69) is 0 Å². The number of nitrogens with zero attached hydrogens (tertiary/aromatic N) is 1. The summed E-state index contributed by atoms with van der Waals surface area (Å²) in [5.41, 5.74) is 7.21. The lowest BCUT2D eigenvalue weighted by molar-refractivity contribution is 0.122. The molecule has 4 heteroatoms. The van der Waals surface area contributed by atoms with Crippen LogP contribution in [0.3, 0.4) is 0 Å². The number of nitrogens with two attached hydrogens (primary N) is 1. The first kappa shape index (κ1) is 12.3. The molecule has 0 aromatic heterocycles. The lowest BCUT2D eigenvalue weighted by Crippen LogP contribution is -2.36. The Bertz CT molecular complexity index is 378. The van der Waals surface area contributed by atoms with Crippen molar-refractivity contribution in [3.05, 3.63) is 29.6 Å². The van der Waals surface area contributed by atoms with Gasteiger partial charge in [0.2, 0.25) is 0 Å². The second-order valence-corrected chi connectivity index (χ2v) is 4.45. The van der Waals surface area contributed by atoms with E-state index in [1.807, 2.05) is 24.0 Å². The quantitative estimate of drug-likeness (QED) is 0.871. The maximum absolute atomic E-state index is 14.0. The van der Waals surface area contributed by atoms with E-state index in [0.717, 1.165) is 18.7 Å². The van der Waals surface area contributed by atoms with E-state index in [1.165, 1.54) is 0 Å². The summed E-state index contributed by atoms with van der Waals surface area (Å²) >= 11 is 0. The molecular weight excluding hydrogens is 219 g/mol. The predicted molar refractivity (Wildman–Crippen MR) is 66.9 cm³/mol. The smallest absolute Gasteiger partial charge is 0.146 e. The summed E-state index contributed by atoms with van der Waals surface area (Å²) < 4.78 is 19.3. The van der Waals surface area contributed by atoms with E-state index in [0.29, 0.717) is 25.4 Å². The minimum Gasteiger partial charge on any atom is -0.378 e. The molecular formula is C13H19FN2O. The van der Waals surface area contributed by atoms with E-state index in [-0.39, 0.29) is 11.7 Å². The third-order valence-electron chi connectivity index (χ3n) is 3.25. The van der Waals surface area contributed by atoms with Crippen molar-refractivity contribution in [2.24, 2.45) is 5.73 Å². The van der Waals surface area contributed by atoms with Gasteiger partial charge in [-0.15, -0.1) is 0 Å². The SMILES string of the molecule is CC(CN)c1ccc(N2CCOCC2)c(F)c1. The van der Waals surface area contributed by atoms with Gasteiger partial charge in [0.1, 0.15) is 5.82 Å². The van der Waals surface area contributed by atoms with Gasteiger partial charge >= 0.3 is 0 Å². The highest BCUT2D eigenvalue weighted by molar-refractivity contribution is 5.50. The molecule has 94 valence electrons. The van der Waals surface area contributed by atoms with E-state index < -0.39 is 0 Å². The van der Waals surface area contributed by atoms with Gasteiger partial charge in [-0.25, -0.2) is 4.39 Å². The molecule has 1 aliphatic rings.